The van der Waals surface area contributed by atoms with E-state index >= 15 is 0 Å². The van der Waals surface area contributed by atoms with Gasteiger partial charge in [-0.25, -0.2) is 14.0 Å². The van der Waals surface area contributed by atoms with Crippen LogP contribution in [0.2, 0.25) is 0 Å². The highest BCUT2D eigenvalue weighted by molar-refractivity contribution is 5.87. The fourth-order valence-corrected chi connectivity index (χ4v) is 6.34. The number of halogens is 1. The Bertz CT molecular complexity index is 927. The predicted octanol–water partition coefficient (Wildman–Crippen LogP) is 3.90. The zero-order valence-electron chi connectivity index (χ0n) is 19.6. The summed E-state index contributed by atoms with van der Waals surface area (Å²) in [5, 5.41) is 9.25. The molecule has 33 heavy (non-hydrogen) atoms. The molecule has 4 rings (SSSR count). The van der Waals surface area contributed by atoms with E-state index in [1.54, 1.807) is 18.2 Å². The molecule has 7 heteroatoms. The van der Waals surface area contributed by atoms with E-state index < -0.39 is 42.0 Å². The van der Waals surface area contributed by atoms with Crippen LogP contribution in [0.15, 0.2) is 30.3 Å². The van der Waals surface area contributed by atoms with Gasteiger partial charge in [-0.15, -0.1) is 0 Å². The fourth-order valence-electron chi connectivity index (χ4n) is 6.34. The lowest BCUT2D eigenvalue weighted by Gasteiger charge is -2.52. The quantitative estimate of drug-likeness (QED) is 0.512. The van der Waals surface area contributed by atoms with E-state index in [0.717, 1.165) is 12.8 Å². The zero-order chi connectivity index (χ0) is 24.0. The molecule has 1 aromatic carbocycles. The molecule has 0 spiro atoms. The van der Waals surface area contributed by atoms with Gasteiger partial charge in [0, 0.05) is 18.4 Å². The number of hydrogen-bond acceptors (Lipinski definition) is 6. The maximum absolute atomic E-state index is 13.1. The van der Waals surface area contributed by atoms with Gasteiger partial charge in [-0.1, -0.05) is 32.9 Å². The Morgan fingerprint density at radius 1 is 1.24 bits per heavy atom. The lowest BCUT2D eigenvalue weighted by atomic mass is 9.69. The van der Waals surface area contributed by atoms with Gasteiger partial charge in [-0.2, -0.15) is 0 Å². The van der Waals surface area contributed by atoms with Crippen LogP contribution >= 0.6 is 0 Å². The van der Waals surface area contributed by atoms with Crippen LogP contribution in [0, 0.1) is 29.5 Å². The molecule has 180 valence electrons. The van der Waals surface area contributed by atoms with Crippen LogP contribution in [-0.4, -0.2) is 47.1 Å². The summed E-state index contributed by atoms with van der Waals surface area (Å²) in [6, 6.07) is 5.86. The van der Waals surface area contributed by atoms with Gasteiger partial charge in [0.05, 0.1) is 0 Å². The van der Waals surface area contributed by atoms with Crippen LogP contribution in [0.25, 0.3) is 6.08 Å². The first-order valence-electron chi connectivity index (χ1n) is 11.8. The summed E-state index contributed by atoms with van der Waals surface area (Å²) in [7, 11) is 0. The second-order valence-electron chi connectivity index (χ2n) is 10.2. The van der Waals surface area contributed by atoms with Crippen LogP contribution < -0.4 is 0 Å². The minimum Gasteiger partial charge on any atom is -0.457 e. The van der Waals surface area contributed by atoms with E-state index in [-0.39, 0.29) is 23.6 Å². The van der Waals surface area contributed by atoms with Crippen molar-refractivity contribution in [3.8, 4) is 0 Å². The first kappa shape index (κ1) is 23.9. The Labute approximate surface area is 194 Å². The number of rotatable bonds is 6. The molecule has 2 heterocycles. The van der Waals surface area contributed by atoms with Crippen molar-refractivity contribution >= 4 is 18.0 Å². The van der Waals surface area contributed by atoms with Gasteiger partial charge in [0.25, 0.3) is 0 Å². The first-order valence-corrected chi connectivity index (χ1v) is 11.8. The van der Waals surface area contributed by atoms with Crippen LogP contribution in [0.3, 0.4) is 0 Å². The van der Waals surface area contributed by atoms with Crippen LogP contribution in [0.4, 0.5) is 4.39 Å². The smallest absolute Gasteiger partial charge is 0.332 e. The molecule has 0 aromatic heterocycles. The van der Waals surface area contributed by atoms with E-state index in [1.807, 2.05) is 20.8 Å². The van der Waals surface area contributed by atoms with Crippen LogP contribution in [-0.2, 0) is 23.8 Å². The van der Waals surface area contributed by atoms with E-state index in [4.69, 9.17) is 14.2 Å². The molecule has 1 saturated carbocycles. The van der Waals surface area contributed by atoms with Crippen molar-refractivity contribution in [3.63, 3.8) is 0 Å². The van der Waals surface area contributed by atoms with Gasteiger partial charge in [-0.05, 0) is 61.3 Å². The summed E-state index contributed by atoms with van der Waals surface area (Å²) in [6.07, 6.45) is 4.24. The number of esters is 2. The number of ether oxygens (including phenoxy) is 3. The number of carbonyl (C=O) groups excluding carboxylic acids is 2. The lowest BCUT2D eigenvalue weighted by molar-refractivity contribution is -0.264. The number of hydrogen-bond donors (Lipinski definition) is 1. The molecule has 3 unspecified atom stereocenters. The van der Waals surface area contributed by atoms with Gasteiger partial charge in [-0.3, -0.25) is 0 Å². The Kier molecular flexibility index (Phi) is 6.40. The monoisotopic (exact) mass is 460 g/mol. The lowest BCUT2D eigenvalue weighted by Crippen LogP contribution is -2.62. The Balaban J connectivity index is 1.64. The molecule has 0 radical (unpaired) electrons. The van der Waals surface area contributed by atoms with Crippen molar-refractivity contribution in [3.05, 3.63) is 41.7 Å². The third-order valence-corrected chi connectivity index (χ3v) is 8.08. The molecular weight excluding hydrogens is 427 g/mol. The summed E-state index contributed by atoms with van der Waals surface area (Å²) >= 11 is 0. The third kappa shape index (κ3) is 4.10. The first-order chi connectivity index (χ1) is 15.6. The summed E-state index contributed by atoms with van der Waals surface area (Å²) in [6.45, 7) is 7.56. The molecule has 1 aromatic rings. The number of carbonyl (C=O) groups is 2. The third-order valence-electron chi connectivity index (χ3n) is 8.08. The maximum atomic E-state index is 13.1. The number of aliphatic hydroxyl groups excluding tert-OH is 1. The summed E-state index contributed by atoms with van der Waals surface area (Å²) in [4.78, 5) is 24.9. The van der Waals surface area contributed by atoms with Crippen molar-refractivity contribution in [1.29, 1.82) is 0 Å². The van der Waals surface area contributed by atoms with E-state index in [9.17, 15) is 19.1 Å². The van der Waals surface area contributed by atoms with Gasteiger partial charge in [0.15, 0.2) is 0 Å². The standard InChI is InChI=1S/C26H33FO6/c1-15(2)26-13-20(31-22(30)14-28)25(4,33-26)19-11-5-16(3)23(19)24(26)32-21(29)12-8-17-6-9-18(27)10-7-17/h6-10,12,15-16,19-20,23-24,28H,5,11,13-14H2,1-4H3/b12-8+/t16-,19?,20?,23?,24+,25-,26+/m1/s1. The van der Waals surface area contributed by atoms with Gasteiger partial charge < -0.3 is 19.3 Å². The Hall–Kier alpha value is -2.25. The highest BCUT2D eigenvalue weighted by Gasteiger charge is 2.72. The number of fused-ring (bicyclic) bond motifs is 4. The predicted molar refractivity (Wildman–Crippen MR) is 119 cm³/mol. The van der Waals surface area contributed by atoms with E-state index in [0.29, 0.717) is 17.9 Å². The summed E-state index contributed by atoms with van der Waals surface area (Å²) < 4.78 is 31.7. The van der Waals surface area contributed by atoms with E-state index in [1.165, 1.54) is 18.2 Å². The molecule has 7 atom stereocenters. The number of aliphatic hydroxyl groups is 1. The normalized spacial score (nSPS) is 37.4. The minimum atomic E-state index is -0.797. The minimum absolute atomic E-state index is 0.00211. The molecule has 0 amide bonds. The fraction of sp³-hybridized carbons (Fsp3) is 0.615. The van der Waals surface area contributed by atoms with Crippen molar-refractivity contribution in [2.24, 2.45) is 23.7 Å². The topological polar surface area (TPSA) is 82.1 Å². The largest absolute Gasteiger partial charge is 0.457 e. The maximum Gasteiger partial charge on any atom is 0.332 e. The van der Waals surface area contributed by atoms with Gasteiger partial charge in [0.2, 0.25) is 0 Å². The molecule has 2 aliphatic heterocycles. The summed E-state index contributed by atoms with van der Waals surface area (Å²) in [5.41, 5.74) is -0.797. The van der Waals surface area contributed by atoms with Crippen molar-refractivity contribution in [2.75, 3.05) is 6.61 Å². The van der Waals surface area contributed by atoms with Crippen LogP contribution in [0.5, 0.6) is 0 Å². The second kappa shape index (κ2) is 8.84. The zero-order valence-corrected chi connectivity index (χ0v) is 19.6. The molecule has 1 N–H and O–H groups in total. The average molecular weight is 461 g/mol. The SMILES string of the molecule is CC(C)[C@]12CC(OC(=O)CO)[C@](C)(O1)C1CC[C@@H](C)C1[C@@H]2OC(=O)/C=C/c1ccc(F)cc1. The van der Waals surface area contributed by atoms with Crippen molar-refractivity contribution in [2.45, 2.75) is 70.4 Å². The Morgan fingerprint density at radius 2 is 1.94 bits per heavy atom. The second-order valence-corrected chi connectivity index (χ2v) is 10.2. The average Bonchev–Trinajstić information content (AvgIpc) is 3.29. The highest BCUT2D eigenvalue weighted by atomic mass is 19.1. The molecule has 3 aliphatic rings. The van der Waals surface area contributed by atoms with Crippen molar-refractivity contribution in [1.82, 2.24) is 0 Å². The summed E-state index contributed by atoms with van der Waals surface area (Å²) in [5.74, 6) is -1.02. The molecule has 6 nitrogen and oxygen atoms in total. The van der Waals surface area contributed by atoms with Gasteiger partial charge >= 0.3 is 11.9 Å². The van der Waals surface area contributed by atoms with E-state index in [2.05, 4.69) is 6.92 Å². The van der Waals surface area contributed by atoms with Crippen LogP contribution in [0.1, 0.15) is 52.5 Å². The van der Waals surface area contributed by atoms with Gasteiger partial charge in [0.1, 0.15) is 35.8 Å². The molecule has 1 aliphatic carbocycles. The number of benzene rings is 1. The molecule has 2 saturated heterocycles. The molecule has 2 bridgehead atoms. The molecular formula is C26H33FO6. The van der Waals surface area contributed by atoms with Crippen molar-refractivity contribution < 1.29 is 33.3 Å². The Morgan fingerprint density at radius 3 is 2.58 bits per heavy atom. The highest BCUT2D eigenvalue weighted by Crippen LogP contribution is 2.63. The molecule has 3 fully saturated rings.